The van der Waals surface area contributed by atoms with Crippen LogP contribution in [0, 0.1) is 0 Å². The van der Waals surface area contributed by atoms with E-state index in [-0.39, 0.29) is 0 Å². The Balaban J connectivity index is 2.07. The molecule has 1 aromatic heterocycles. The topological polar surface area (TPSA) is 61.0 Å². The molecule has 0 saturated carbocycles. The quantitative estimate of drug-likeness (QED) is 0.654. The number of aromatic nitrogens is 2. The Labute approximate surface area is 121 Å². The first-order valence-electron chi connectivity index (χ1n) is 6.19. The normalized spacial score (nSPS) is 10.6. The van der Waals surface area contributed by atoms with Crippen molar-refractivity contribution in [3.8, 4) is 5.75 Å². The van der Waals surface area contributed by atoms with Gasteiger partial charge in [0.05, 0.1) is 6.61 Å². The van der Waals surface area contributed by atoms with Crippen molar-refractivity contribution < 1.29 is 4.74 Å². The van der Waals surface area contributed by atoms with Gasteiger partial charge in [-0.05, 0) is 36.7 Å². The molecule has 0 amide bonds. The van der Waals surface area contributed by atoms with Gasteiger partial charge in [-0.2, -0.15) is 4.37 Å². The molecule has 2 N–H and O–H groups in total. The highest BCUT2D eigenvalue weighted by Gasteiger charge is 2.08. The number of hydrogen-bond acceptors (Lipinski definition) is 6. The van der Waals surface area contributed by atoms with E-state index in [9.17, 15) is 0 Å². The molecule has 0 bridgehead atoms. The van der Waals surface area contributed by atoms with Crippen LogP contribution < -0.4 is 10.5 Å². The van der Waals surface area contributed by atoms with Crippen LogP contribution in [0.4, 0.5) is 5.69 Å². The first kappa shape index (κ1) is 14.1. The molecule has 1 aromatic carbocycles. The number of nitrogen functional groups attached to an aromatic ring is 1. The lowest BCUT2D eigenvalue weighted by Gasteiger charge is -2.09. The number of benzene rings is 1. The molecule has 0 aliphatic carbocycles. The Hall–Kier alpha value is -1.27. The summed E-state index contributed by atoms with van der Waals surface area (Å²) in [5.74, 6) is 2.59. The minimum Gasteiger partial charge on any atom is -0.494 e. The summed E-state index contributed by atoms with van der Waals surface area (Å²) in [6, 6.07) is 5.74. The Bertz CT molecular complexity index is 542. The number of anilines is 1. The lowest BCUT2D eigenvalue weighted by Crippen LogP contribution is -1.97. The Morgan fingerprint density at radius 2 is 2.21 bits per heavy atom. The highest BCUT2D eigenvalue weighted by molar-refractivity contribution is 8.00. The first-order valence-corrected chi connectivity index (χ1v) is 7.95. The van der Waals surface area contributed by atoms with E-state index in [0.29, 0.717) is 6.61 Å². The maximum Gasteiger partial charge on any atom is 0.170 e. The second kappa shape index (κ2) is 6.77. The molecule has 0 unspecified atom stereocenters. The minimum atomic E-state index is 0.653. The van der Waals surface area contributed by atoms with E-state index in [1.165, 1.54) is 11.5 Å². The third-order valence-electron chi connectivity index (χ3n) is 2.50. The maximum absolute atomic E-state index is 5.83. The monoisotopic (exact) mass is 295 g/mol. The van der Waals surface area contributed by atoms with Crippen LogP contribution in [0.1, 0.15) is 25.2 Å². The number of ether oxygens (including phenoxy) is 1. The molecule has 0 fully saturated rings. The van der Waals surface area contributed by atoms with Gasteiger partial charge in [0.2, 0.25) is 0 Å². The Morgan fingerprint density at radius 1 is 1.37 bits per heavy atom. The van der Waals surface area contributed by atoms with Crippen LogP contribution in [-0.4, -0.2) is 16.0 Å². The van der Waals surface area contributed by atoms with Crippen LogP contribution in [0.15, 0.2) is 22.5 Å². The van der Waals surface area contributed by atoms with E-state index in [0.717, 1.165) is 39.3 Å². The van der Waals surface area contributed by atoms with Gasteiger partial charge in [0.1, 0.15) is 11.6 Å². The Kier molecular flexibility index (Phi) is 5.04. The van der Waals surface area contributed by atoms with Gasteiger partial charge in [-0.1, -0.05) is 18.7 Å². The van der Waals surface area contributed by atoms with Gasteiger partial charge in [-0.25, -0.2) is 4.98 Å². The SMILES string of the molecule is CCOc1ccc(N)cc1CSc1nc(CC)ns1. The van der Waals surface area contributed by atoms with Crippen molar-refractivity contribution in [3.05, 3.63) is 29.6 Å². The van der Waals surface area contributed by atoms with Crippen LogP contribution in [0.5, 0.6) is 5.75 Å². The van der Waals surface area contributed by atoms with Gasteiger partial charge in [0.25, 0.3) is 0 Å². The molecule has 0 aliphatic heterocycles. The smallest absolute Gasteiger partial charge is 0.170 e. The molecule has 102 valence electrons. The summed E-state index contributed by atoms with van der Waals surface area (Å²) in [5, 5.41) is 0. The molecule has 0 spiro atoms. The van der Waals surface area contributed by atoms with E-state index in [2.05, 4.69) is 16.3 Å². The fourth-order valence-electron chi connectivity index (χ4n) is 1.59. The highest BCUT2D eigenvalue weighted by Crippen LogP contribution is 2.30. The molecule has 19 heavy (non-hydrogen) atoms. The molecule has 2 rings (SSSR count). The van der Waals surface area contributed by atoms with Gasteiger partial charge >= 0.3 is 0 Å². The van der Waals surface area contributed by atoms with Gasteiger partial charge in [-0.3, -0.25) is 0 Å². The number of thioether (sulfide) groups is 1. The minimum absolute atomic E-state index is 0.653. The van der Waals surface area contributed by atoms with Crippen molar-refractivity contribution in [2.45, 2.75) is 30.4 Å². The molecular weight excluding hydrogens is 278 g/mol. The maximum atomic E-state index is 5.83. The van der Waals surface area contributed by atoms with Crippen molar-refractivity contribution in [1.29, 1.82) is 0 Å². The summed E-state index contributed by atoms with van der Waals surface area (Å²) < 4.78 is 10.9. The number of hydrogen-bond donors (Lipinski definition) is 1. The second-order valence-electron chi connectivity index (χ2n) is 3.92. The molecule has 4 nitrogen and oxygen atoms in total. The molecule has 0 radical (unpaired) electrons. The summed E-state index contributed by atoms with van der Waals surface area (Å²) >= 11 is 3.11. The van der Waals surface area contributed by atoms with E-state index < -0.39 is 0 Å². The zero-order chi connectivity index (χ0) is 13.7. The zero-order valence-corrected chi connectivity index (χ0v) is 12.7. The lowest BCUT2D eigenvalue weighted by molar-refractivity contribution is 0.337. The van der Waals surface area contributed by atoms with E-state index >= 15 is 0 Å². The van der Waals surface area contributed by atoms with Crippen LogP contribution in [0.25, 0.3) is 0 Å². The summed E-state index contributed by atoms with van der Waals surface area (Å²) in [7, 11) is 0. The highest BCUT2D eigenvalue weighted by atomic mass is 32.2. The van der Waals surface area contributed by atoms with Crippen molar-refractivity contribution >= 4 is 29.0 Å². The van der Waals surface area contributed by atoms with Crippen molar-refractivity contribution in [1.82, 2.24) is 9.36 Å². The van der Waals surface area contributed by atoms with E-state index in [1.54, 1.807) is 11.8 Å². The summed E-state index contributed by atoms with van der Waals surface area (Å²) in [6.45, 7) is 4.69. The van der Waals surface area contributed by atoms with Gasteiger partial charge < -0.3 is 10.5 Å². The number of nitrogens with zero attached hydrogens (tertiary/aromatic N) is 2. The molecule has 1 heterocycles. The first-order chi connectivity index (χ1) is 9.22. The molecule has 0 atom stereocenters. The number of nitrogens with two attached hydrogens (primary N) is 1. The van der Waals surface area contributed by atoms with Crippen molar-refractivity contribution in [2.75, 3.05) is 12.3 Å². The van der Waals surface area contributed by atoms with Crippen LogP contribution in [0.3, 0.4) is 0 Å². The van der Waals surface area contributed by atoms with Crippen LogP contribution in [-0.2, 0) is 12.2 Å². The van der Waals surface area contributed by atoms with Crippen LogP contribution in [0.2, 0.25) is 0 Å². The molecule has 0 saturated heterocycles. The summed E-state index contributed by atoms with van der Waals surface area (Å²) in [4.78, 5) is 4.44. The zero-order valence-electron chi connectivity index (χ0n) is 11.0. The average Bonchev–Trinajstić information content (AvgIpc) is 2.87. The van der Waals surface area contributed by atoms with Crippen molar-refractivity contribution in [3.63, 3.8) is 0 Å². The molecular formula is C13H17N3OS2. The fraction of sp³-hybridized carbons (Fsp3) is 0.385. The van der Waals surface area contributed by atoms with E-state index in [4.69, 9.17) is 10.5 Å². The van der Waals surface area contributed by atoms with Crippen LogP contribution >= 0.6 is 23.3 Å². The molecule has 0 aliphatic rings. The summed E-state index contributed by atoms with van der Waals surface area (Å²) in [5.41, 5.74) is 7.68. The third kappa shape index (κ3) is 3.84. The van der Waals surface area contributed by atoms with Gasteiger partial charge in [0.15, 0.2) is 4.34 Å². The molecule has 6 heteroatoms. The molecule has 2 aromatic rings. The fourth-order valence-corrected chi connectivity index (χ4v) is 3.26. The van der Waals surface area contributed by atoms with Gasteiger partial charge in [0, 0.05) is 23.4 Å². The predicted molar refractivity (Wildman–Crippen MR) is 80.9 cm³/mol. The van der Waals surface area contributed by atoms with E-state index in [1.807, 2.05) is 25.1 Å². The average molecular weight is 295 g/mol. The standard InChI is InChI=1S/C13H17N3OS2/c1-3-12-15-13(19-16-12)18-8-9-7-10(14)5-6-11(9)17-4-2/h5-7H,3-4,8,14H2,1-2H3. The Morgan fingerprint density at radius 3 is 2.89 bits per heavy atom. The number of aryl methyl sites for hydroxylation is 1. The third-order valence-corrected chi connectivity index (χ3v) is 4.42. The largest absolute Gasteiger partial charge is 0.494 e. The van der Waals surface area contributed by atoms with Crippen molar-refractivity contribution in [2.24, 2.45) is 0 Å². The number of rotatable bonds is 6. The van der Waals surface area contributed by atoms with Gasteiger partial charge in [-0.15, -0.1) is 0 Å². The second-order valence-corrected chi connectivity index (χ2v) is 5.89. The summed E-state index contributed by atoms with van der Waals surface area (Å²) in [6.07, 6.45) is 0.875. The lowest BCUT2D eigenvalue weighted by atomic mass is 10.2. The predicted octanol–water partition coefficient (Wildman–Crippen LogP) is 3.37.